The number of hydrogen-bond acceptors (Lipinski definition) is 16. The number of aromatic amines is 2. The topological polar surface area (TPSA) is 325 Å². The molecule has 1 aromatic heterocycles. The molecule has 0 unspecified atom stereocenters. The van der Waals surface area contributed by atoms with E-state index in [0.717, 1.165) is 24.3 Å². The quantitative estimate of drug-likeness (QED) is 0.0311. The van der Waals surface area contributed by atoms with Crippen LogP contribution in [0.2, 0.25) is 0 Å². The van der Waals surface area contributed by atoms with Gasteiger partial charge in [0.05, 0.1) is 44.5 Å². The minimum atomic E-state index is -5.54. The number of phenols is 4. The van der Waals surface area contributed by atoms with Gasteiger partial charge in [0.15, 0.2) is 16.6 Å². The molecule has 0 radical (unpaired) electrons. The van der Waals surface area contributed by atoms with Gasteiger partial charge >= 0.3 is 15.6 Å². The van der Waals surface area contributed by atoms with Gasteiger partial charge in [0, 0.05) is 10.8 Å². The van der Waals surface area contributed by atoms with Crippen LogP contribution in [0.1, 0.15) is 0 Å². The standard InChI is InChI=1S/C28H12N2O17S3/c31-9-5-8-18(15-14(9)21(32)7-2-4-11(49(40,41)42)24(35)13(7)26(15)37)30-20-19(29-8)16-17(27(38)28(20)50(43,44)45)22(33)6-1-3-10(48-47-46-39)23(34)12(6)25(16)36/h1-5,31,34-35,38-39H,(H,40,41,42)(H,43,44,45)/p+2. The van der Waals surface area contributed by atoms with Crippen molar-refractivity contribution in [3.63, 3.8) is 0 Å². The third-order valence-electron chi connectivity index (χ3n) is 8.07. The molecule has 0 saturated heterocycles. The fourth-order valence-electron chi connectivity index (χ4n) is 6.10. The van der Waals surface area contributed by atoms with Crippen molar-refractivity contribution >= 4 is 97.4 Å². The van der Waals surface area contributed by atoms with E-state index in [2.05, 4.69) is 19.3 Å². The van der Waals surface area contributed by atoms with E-state index in [1.54, 1.807) is 0 Å². The lowest BCUT2D eigenvalue weighted by Crippen LogP contribution is -2.26. The highest BCUT2D eigenvalue weighted by molar-refractivity contribution is 7.94. The first-order chi connectivity index (χ1) is 23.4. The predicted octanol–water partition coefficient (Wildman–Crippen LogP) is 0.294. The first-order valence-corrected chi connectivity index (χ1v) is 16.9. The van der Waals surface area contributed by atoms with E-state index >= 15 is 0 Å². The van der Waals surface area contributed by atoms with Crippen molar-refractivity contribution in [3.05, 3.63) is 71.2 Å². The Morgan fingerprint density at radius 1 is 0.600 bits per heavy atom. The number of aromatic hydroxyl groups is 4. The lowest BCUT2D eigenvalue weighted by atomic mass is 9.98. The minimum absolute atomic E-state index is 0.218. The second-order valence-electron chi connectivity index (χ2n) is 10.7. The summed E-state index contributed by atoms with van der Waals surface area (Å²) in [4.78, 5) is 57.3. The second-order valence-corrected chi connectivity index (χ2v) is 14.1. The minimum Gasteiger partial charge on any atom is -0.507 e. The molecule has 19 nitrogen and oxygen atoms in total. The summed E-state index contributed by atoms with van der Waals surface area (Å²) >= 11 is 0.218. The molecule has 254 valence electrons. The van der Waals surface area contributed by atoms with Crippen LogP contribution in [0.25, 0.3) is 65.2 Å². The molecule has 0 saturated carbocycles. The maximum Gasteiger partial charge on any atom is 0.305 e. The molecular formula is C28H14N2O17S3+2. The zero-order chi connectivity index (χ0) is 36.4. The van der Waals surface area contributed by atoms with Crippen molar-refractivity contribution in [2.45, 2.75) is 14.7 Å². The van der Waals surface area contributed by atoms with E-state index in [-0.39, 0.29) is 16.9 Å². The Balaban J connectivity index is 1.77. The number of fused-ring (bicyclic) bond motifs is 8. The number of rotatable bonds is 5. The lowest BCUT2D eigenvalue weighted by molar-refractivity contribution is -0.432. The van der Waals surface area contributed by atoms with Crippen LogP contribution in [-0.2, 0) is 29.6 Å². The van der Waals surface area contributed by atoms with E-state index in [4.69, 9.17) is 5.26 Å². The maximum absolute atomic E-state index is 14.0. The fraction of sp³-hybridized carbons (Fsp3) is 0. The van der Waals surface area contributed by atoms with Crippen LogP contribution in [0.4, 0.5) is 0 Å². The van der Waals surface area contributed by atoms with Gasteiger partial charge in [-0.2, -0.15) is 26.8 Å². The van der Waals surface area contributed by atoms with Crippen LogP contribution in [0.15, 0.2) is 64.2 Å². The summed E-state index contributed by atoms with van der Waals surface area (Å²) in [7, 11) is -10.7. The number of H-pyrrole nitrogens is 2. The maximum atomic E-state index is 14.0. The van der Waals surface area contributed by atoms with Gasteiger partial charge in [-0.15, -0.1) is 4.33 Å². The van der Waals surface area contributed by atoms with Gasteiger partial charge in [-0.3, -0.25) is 28.3 Å². The Labute approximate surface area is 276 Å². The van der Waals surface area contributed by atoms with E-state index in [9.17, 15) is 65.5 Å². The summed E-state index contributed by atoms with van der Waals surface area (Å²) in [5, 5.41) is 49.7. The molecule has 0 amide bonds. The molecule has 9 N–H and O–H groups in total. The number of phenolic OH excluding ortho intramolecular Hbond substituents is 4. The van der Waals surface area contributed by atoms with E-state index in [0.29, 0.717) is 6.07 Å². The molecule has 0 atom stereocenters. The Kier molecular flexibility index (Phi) is 7.05. The van der Waals surface area contributed by atoms with Crippen LogP contribution in [-0.4, -0.2) is 51.6 Å². The highest BCUT2D eigenvalue weighted by atomic mass is 32.2. The third kappa shape index (κ3) is 4.41. The van der Waals surface area contributed by atoms with Crippen molar-refractivity contribution in [1.82, 2.24) is 0 Å². The molecule has 6 aromatic carbocycles. The summed E-state index contributed by atoms with van der Waals surface area (Å²) in [5.74, 6) is -4.55. The van der Waals surface area contributed by atoms with Crippen molar-refractivity contribution in [2.75, 3.05) is 0 Å². The van der Waals surface area contributed by atoms with Crippen molar-refractivity contribution in [2.24, 2.45) is 0 Å². The smallest absolute Gasteiger partial charge is 0.305 e. The van der Waals surface area contributed by atoms with Crippen LogP contribution in [0.3, 0.4) is 0 Å². The van der Waals surface area contributed by atoms with Gasteiger partial charge in [-0.25, -0.2) is 5.26 Å². The van der Waals surface area contributed by atoms with E-state index in [1.807, 2.05) is 0 Å². The summed E-state index contributed by atoms with van der Waals surface area (Å²) in [6, 6.07) is 4.34. The van der Waals surface area contributed by atoms with Crippen molar-refractivity contribution in [1.29, 1.82) is 0 Å². The van der Waals surface area contributed by atoms with Gasteiger partial charge in [-0.1, -0.05) is 5.04 Å². The first-order valence-electron chi connectivity index (χ1n) is 13.3. The molecule has 22 heteroatoms. The number of benzene rings is 6. The molecule has 0 fully saturated rings. The van der Waals surface area contributed by atoms with Crippen LogP contribution < -0.4 is 31.7 Å². The summed E-state index contributed by atoms with van der Waals surface area (Å²) in [6.45, 7) is 0. The van der Waals surface area contributed by atoms with Gasteiger partial charge in [0.2, 0.25) is 15.8 Å². The highest BCUT2D eigenvalue weighted by Crippen LogP contribution is 2.39. The third-order valence-corrected chi connectivity index (χ3v) is 10.5. The SMILES string of the molecule is O=c1c2ccc(S(=O)(=O)O)c(O)c2c(=O)c2c1c(O)cc1[nH+]c3c([nH+]c12)c(S(=O)(=O)O)c(O)c1c(=O)c2ccc(SOOO)c(O)c2c(=O)c13. The van der Waals surface area contributed by atoms with E-state index < -0.39 is 140 Å². The largest absolute Gasteiger partial charge is 0.507 e. The summed E-state index contributed by atoms with van der Waals surface area (Å²) in [5.41, 5.74) is -7.38. The highest BCUT2D eigenvalue weighted by Gasteiger charge is 2.37. The van der Waals surface area contributed by atoms with E-state index in [1.165, 1.54) is 0 Å². The number of aromatic nitrogens is 2. The van der Waals surface area contributed by atoms with Crippen molar-refractivity contribution < 1.29 is 71.0 Å². The van der Waals surface area contributed by atoms with Crippen LogP contribution in [0, 0.1) is 0 Å². The Morgan fingerprint density at radius 3 is 1.78 bits per heavy atom. The lowest BCUT2D eigenvalue weighted by Gasteiger charge is -2.09. The number of hydrogen-bond donors (Lipinski definition) is 7. The molecular weight excluding hydrogens is 733 g/mol. The van der Waals surface area contributed by atoms with Gasteiger partial charge < -0.3 is 20.4 Å². The Hall–Kier alpha value is -5.59. The zero-order valence-electron chi connectivity index (χ0n) is 23.8. The van der Waals surface area contributed by atoms with Crippen LogP contribution in [0.5, 0.6) is 23.0 Å². The Morgan fingerprint density at radius 2 is 1.18 bits per heavy atom. The molecule has 0 spiro atoms. The normalized spacial score (nSPS) is 12.7. The van der Waals surface area contributed by atoms with Gasteiger partial charge in [0.1, 0.15) is 32.9 Å². The average molecular weight is 747 g/mol. The molecule has 0 aliphatic rings. The number of nitrogens with one attached hydrogen (secondary N) is 2. The predicted molar refractivity (Wildman–Crippen MR) is 169 cm³/mol. The summed E-state index contributed by atoms with van der Waals surface area (Å²) < 4.78 is 73.1. The molecule has 0 aliphatic carbocycles. The molecule has 7 rings (SSSR count). The average Bonchev–Trinajstić information content (AvgIpc) is 3.02. The van der Waals surface area contributed by atoms with Crippen molar-refractivity contribution in [3.8, 4) is 23.0 Å². The molecule has 7 aromatic rings. The van der Waals surface area contributed by atoms with Gasteiger partial charge in [-0.05, 0) is 24.3 Å². The zero-order valence-corrected chi connectivity index (χ0v) is 26.3. The Bertz CT molecular complexity index is 3210. The molecule has 0 bridgehead atoms. The summed E-state index contributed by atoms with van der Waals surface area (Å²) in [6.07, 6.45) is 0. The molecule has 0 aliphatic heterocycles. The monoisotopic (exact) mass is 746 g/mol. The second kappa shape index (κ2) is 10.7. The first kappa shape index (κ1) is 32.9. The molecule has 1 heterocycles. The fourth-order valence-corrected chi connectivity index (χ4v) is 7.85. The van der Waals surface area contributed by atoms with Crippen LogP contribution >= 0.6 is 12.0 Å². The molecule has 50 heavy (non-hydrogen) atoms. The van der Waals surface area contributed by atoms with Gasteiger partial charge in [0.25, 0.3) is 26.7 Å².